The molecule has 1 fully saturated rings. The van der Waals surface area contributed by atoms with Gasteiger partial charge in [-0.2, -0.15) is 0 Å². The van der Waals surface area contributed by atoms with Crippen LogP contribution < -0.4 is 4.90 Å². The number of anilines is 1. The molecule has 1 aliphatic rings. The van der Waals surface area contributed by atoms with Crippen LogP contribution >= 0.6 is 0 Å². The number of rotatable bonds is 4. The average molecular weight is 276 g/mol. The van der Waals surface area contributed by atoms with Gasteiger partial charge in [-0.25, -0.2) is 4.98 Å². The van der Waals surface area contributed by atoms with Crippen LogP contribution in [-0.2, 0) is 5.41 Å². The van der Waals surface area contributed by atoms with Crippen LogP contribution in [0.2, 0.25) is 0 Å². The summed E-state index contributed by atoms with van der Waals surface area (Å²) in [7, 11) is 0. The third-order valence-electron chi connectivity index (χ3n) is 4.26. The summed E-state index contributed by atoms with van der Waals surface area (Å²) in [5.74, 6) is 1.01. The van der Waals surface area contributed by atoms with Crippen LogP contribution in [-0.4, -0.2) is 29.3 Å². The summed E-state index contributed by atoms with van der Waals surface area (Å²) in [6.07, 6.45) is 8.38. The van der Waals surface area contributed by atoms with Crippen molar-refractivity contribution >= 4 is 5.82 Å². The van der Waals surface area contributed by atoms with Gasteiger partial charge < -0.3 is 10.0 Å². The Morgan fingerprint density at radius 2 is 1.90 bits per heavy atom. The van der Waals surface area contributed by atoms with Crippen molar-refractivity contribution in [2.24, 2.45) is 0 Å². The molecule has 1 aromatic heterocycles. The van der Waals surface area contributed by atoms with E-state index >= 15 is 0 Å². The fraction of sp³-hybridized carbons (Fsp3) is 0.706. The van der Waals surface area contributed by atoms with Crippen LogP contribution in [0.3, 0.4) is 0 Å². The molecule has 1 saturated carbocycles. The fourth-order valence-electron chi connectivity index (χ4n) is 2.98. The molecule has 1 N–H and O–H groups in total. The first-order chi connectivity index (χ1) is 9.52. The Labute approximate surface area is 123 Å². The van der Waals surface area contributed by atoms with Crippen molar-refractivity contribution in [3.8, 4) is 0 Å². The molecule has 0 unspecified atom stereocenters. The molecule has 0 amide bonds. The number of hydrogen-bond donors (Lipinski definition) is 1. The van der Waals surface area contributed by atoms with Crippen LogP contribution in [0.15, 0.2) is 18.3 Å². The van der Waals surface area contributed by atoms with Gasteiger partial charge in [-0.1, -0.05) is 46.1 Å². The Bertz CT molecular complexity index is 402. The maximum absolute atomic E-state index is 9.34. The molecule has 0 saturated heterocycles. The second-order valence-corrected chi connectivity index (χ2v) is 6.86. The van der Waals surface area contributed by atoms with Crippen molar-refractivity contribution in [1.29, 1.82) is 0 Å². The van der Waals surface area contributed by atoms with Crippen molar-refractivity contribution in [1.82, 2.24) is 4.98 Å². The van der Waals surface area contributed by atoms with Crippen LogP contribution in [0.4, 0.5) is 5.82 Å². The first-order valence-electron chi connectivity index (χ1n) is 7.86. The predicted molar refractivity (Wildman–Crippen MR) is 84.2 cm³/mol. The topological polar surface area (TPSA) is 36.4 Å². The first-order valence-corrected chi connectivity index (χ1v) is 7.86. The first kappa shape index (κ1) is 15.3. The molecule has 1 heterocycles. The Kier molecular flexibility index (Phi) is 5.03. The van der Waals surface area contributed by atoms with Crippen molar-refractivity contribution in [3.05, 3.63) is 23.9 Å². The van der Waals surface area contributed by atoms with Gasteiger partial charge in [0.15, 0.2) is 0 Å². The number of aliphatic hydroxyl groups is 1. The minimum absolute atomic E-state index is 0.137. The summed E-state index contributed by atoms with van der Waals surface area (Å²) in [6.45, 7) is 7.49. The molecule has 0 aliphatic heterocycles. The summed E-state index contributed by atoms with van der Waals surface area (Å²) in [5.41, 5.74) is 1.40. The molecule has 0 aromatic carbocycles. The predicted octanol–water partition coefficient (Wildman–Crippen LogP) is 3.51. The van der Waals surface area contributed by atoms with Gasteiger partial charge in [0.1, 0.15) is 5.82 Å². The SMILES string of the molecule is CC(C)(C)c1ccc(N(CCO)C2CCCCC2)nc1. The average Bonchev–Trinajstić information content (AvgIpc) is 2.45. The molecule has 1 aromatic rings. The lowest BCUT2D eigenvalue weighted by atomic mass is 9.88. The Morgan fingerprint density at radius 1 is 1.20 bits per heavy atom. The third-order valence-corrected chi connectivity index (χ3v) is 4.26. The lowest BCUT2D eigenvalue weighted by Crippen LogP contribution is -2.39. The molecule has 3 heteroatoms. The Morgan fingerprint density at radius 3 is 2.40 bits per heavy atom. The molecule has 0 radical (unpaired) electrons. The van der Waals surface area contributed by atoms with Gasteiger partial charge in [0.25, 0.3) is 0 Å². The molecule has 3 nitrogen and oxygen atoms in total. The molecule has 2 rings (SSSR count). The van der Waals surface area contributed by atoms with Gasteiger partial charge in [0, 0.05) is 18.8 Å². The molecular weight excluding hydrogens is 248 g/mol. The van der Waals surface area contributed by atoms with E-state index in [-0.39, 0.29) is 12.0 Å². The van der Waals surface area contributed by atoms with Gasteiger partial charge in [-0.15, -0.1) is 0 Å². The zero-order chi connectivity index (χ0) is 14.6. The monoisotopic (exact) mass is 276 g/mol. The quantitative estimate of drug-likeness (QED) is 0.914. The van der Waals surface area contributed by atoms with E-state index in [4.69, 9.17) is 0 Å². The van der Waals surface area contributed by atoms with E-state index in [2.05, 4.69) is 42.8 Å². The molecule has 0 bridgehead atoms. The number of hydrogen-bond acceptors (Lipinski definition) is 3. The van der Waals surface area contributed by atoms with Crippen LogP contribution in [0, 0.1) is 0 Å². The van der Waals surface area contributed by atoms with E-state index < -0.39 is 0 Å². The lowest BCUT2D eigenvalue weighted by Gasteiger charge is -2.35. The summed E-state index contributed by atoms with van der Waals surface area (Å²) in [6, 6.07) is 4.84. The van der Waals surface area contributed by atoms with E-state index in [0.717, 1.165) is 5.82 Å². The highest BCUT2D eigenvalue weighted by atomic mass is 16.3. The van der Waals surface area contributed by atoms with Gasteiger partial charge in [0.2, 0.25) is 0 Å². The van der Waals surface area contributed by atoms with Crippen molar-refractivity contribution < 1.29 is 5.11 Å². The molecular formula is C17H28N2O. The number of aromatic nitrogens is 1. The summed E-state index contributed by atoms with van der Waals surface area (Å²) < 4.78 is 0. The normalized spacial score (nSPS) is 17.2. The molecule has 0 atom stereocenters. The van der Waals surface area contributed by atoms with Crippen molar-refractivity contribution in [2.75, 3.05) is 18.1 Å². The second-order valence-electron chi connectivity index (χ2n) is 6.86. The molecule has 20 heavy (non-hydrogen) atoms. The van der Waals surface area contributed by atoms with E-state index in [1.54, 1.807) is 0 Å². The van der Waals surface area contributed by atoms with Crippen molar-refractivity contribution in [3.63, 3.8) is 0 Å². The van der Waals surface area contributed by atoms with E-state index in [0.29, 0.717) is 12.6 Å². The third kappa shape index (κ3) is 3.72. The van der Waals surface area contributed by atoms with E-state index in [9.17, 15) is 5.11 Å². The maximum Gasteiger partial charge on any atom is 0.128 e. The number of nitrogens with zero attached hydrogens (tertiary/aromatic N) is 2. The number of aliphatic hydroxyl groups excluding tert-OH is 1. The lowest BCUT2D eigenvalue weighted by molar-refractivity contribution is 0.289. The fourth-order valence-corrected chi connectivity index (χ4v) is 2.98. The molecule has 0 spiro atoms. The van der Waals surface area contributed by atoms with Crippen LogP contribution in [0.5, 0.6) is 0 Å². The number of pyridine rings is 1. The highest BCUT2D eigenvalue weighted by molar-refractivity contribution is 5.41. The van der Waals surface area contributed by atoms with Crippen molar-refractivity contribution in [2.45, 2.75) is 64.3 Å². The molecule has 112 valence electrons. The highest BCUT2D eigenvalue weighted by Crippen LogP contribution is 2.28. The largest absolute Gasteiger partial charge is 0.395 e. The van der Waals surface area contributed by atoms with Crippen LogP contribution in [0.1, 0.15) is 58.4 Å². The smallest absolute Gasteiger partial charge is 0.128 e. The Hall–Kier alpha value is -1.09. The standard InChI is InChI=1S/C17H28N2O/c1-17(2,3)14-9-10-16(18-13-14)19(11-12-20)15-7-5-4-6-8-15/h9-10,13,15,20H,4-8,11-12H2,1-3H3. The Balaban J connectivity index is 2.16. The summed E-state index contributed by atoms with van der Waals surface area (Å²) >= 11 is 0. The second kappa shape index (κ2) is 6.57. The van der Waals surface area contributed by atoms with E-state index in [1.165, 1.54) is 37.7 Å². The molecule has 1 aliphatic carbocycles. The van der Waals surface area contributed by atoms with Gasteiger partial charge in [-0.3, -0.25) is 0 Å². The zero-order valence-electron chi connectivity index (χ0n) is 13.1. The van der Waals surface area contributed by atoms with Crippen LogP contribution in [0.25, 0.3) is 0 Å². The maximum atomic E-state index is 9.34. The minimum Gasteiger partial charge on any atom is -0.395 e. The summed E-state index contributed by atoms with van der Waals surface area (Å²) in [5, 5.41) is 9.34. The highest BCUT2D eigenvalue weighted by Gasteiger charge is 2.22. The zero-order valence-corrected chi connectivity index (χ0v) is 13.1. The minimum atomic E-state index is 0.137. The summed E-state index contributed by atoms with van der Waals surface area (Å²) in [4.78, 5) is 6.95. The van der Waals surface area contributed by atoms with Gasteiger partial charge in [0.05, 0.1) is 6.61 Å². The van der Waals surface area contributed by atoms with Gasteiger partial charge >= 0.3 is 0 Å². The van der Waals surface area contributed by atoms with Gasteiger partial charge in [-0.05, 0) is 29.9 Å². The van der Waals surface area contributed by atoms with E-state index in [1.807, 2.05) is 6.20 Å².